The van der Waals surface area contributed by atoms with Gasteiger partial charge in [-0.3, -0.25) is 4.89 Å². The molecular formula is C10H20O4. The van der Waals surface area contributed by atoms with E-state index in [4.69, 9.17) is 9.62 Å². The summed E-state index contributed by atoms with van der Waals surface area (Å²) in [6, 6.07) is 0. The van der Waals surface area contributed by atoms with Crippen LogP contribution in [0.4, 0.5) is 4.79 Å². The summed E-state index contributed by atoms with van der Waals surface area (Å²) >= 11 is 0. The van der Waals surface area contributed by atoms with Crippen LogP contribution in [-0.4, -0.2) is 18.4 Å². The van der Waals surface area contributed by atoms with Crippen molar-refractivity contribution in [3.63, 3.8) is 0 Å². The topological polar surface area (TPSA) is 44.8 Å². The highest BCUT2D eigenvalue weighted by atomic mass is 17.2. The number of carbonyl (C=O) groups is 1. The molecule has 0 aliphatic rings. The largest absolute Gasteiger partial charge is 0.540 e. The van der Waals surface area contributed by atoms with Gasteiger partial charge in [-0.15, -0.1) is 0 Å². The molecule has 0 aliphatic heterocycles. The van der Waals surface area contributed by atoms with Crippen molar-refractivity contribution in [2.45, 2.75) is 52.6 Å². The molecule has 0 spiro atoms. The van der Waals surface area contributed by atoms with E-state index in [2.05, 4.69) is 11.8 Å². The fourth-order valence-corrected chi connectivity index (χ4v) is 0.691. The normalized spacial score (nSPS) is 11.1. The van der Waals surface area contributed by atoms with Crippen molar-refractivity contribution in [3.8, 4) is 0 Å². The molecule has 0 atom stereocenters. The zero-order valence-electron chi connectivity index (χ0n) is 9.46. The first kappa shape index (κ1) is 13.2. The van der Waals surface area contributed by atoms with E-state index in [1.165, 1.54) is 0 Å². The summed E-state index contributed by atoms with van der Waals surface area (Å²) in [5, 5.41) is 0. The summed E-state index contributed by atoms with van der Waals surface area (Å²) in [6.07, 6.45) is 2.24. The Labute approximate surface area is 85.5 Å². The average molecular weight is 204 g/mol. The van der Waals surface area contributed by atoms with Crippen LogP contribution in [0.15, 0.2) is 0 Å². The molecule has 0 aromatic carbocycles. The Kier molecular flexibility index (Phi) is 6.28. The smallest absolute Gasteiger partial charge is 0.432 e. The van der Waals surface area contributed by atoms with Crippen molar-refractivity contribution in [1.29, 1.82) is 0 Å². The van der Waals surface area contributed by atoms with Crippen LogP contribution in [-0.2, 0) is 14.5 Å². The molecule has 4 heteroatoms. The standard InChI is InChI=1S/C10H20O4/c1-5-6-7-8-12-9(11)13-14-10(2,3)4/h5-8H2,1-4H3. The van der Waals surface area contributed by atoms with Gasteiger partial charge in [0.15, 0.2) is 0 Å². The highest BCUT2D eigenvalue weighted by Crippen LogP contribution is 2.07. The maximum atomic E-state index is 10.9. The molecule has 0 N–H and O–H groups in total. The van der Waals surface area contributed by atoms with E-state index in [-0.39, 0.29) is 0 Å². The van der Waals surface area contributed by atoms with Gasteiger partial charge in [0.25, 0.3) is 0 Å². The van der Waals surface area contributed by atoms with Gasteiger partial charge in [0.1, 0.15) is 5.60 Å². The molecule has 0 saturated heterocycles. The lowest BCUT2D eigenvalue weighted by Gasteiger charge is -2.16. The molecule has 0 aromatic rings. The van der Waals surface area contributed by atoms with Gasteiger partial charge < -0.3 is 4.74 Å². The maximum absolute atomic E-state index is 10.9. The third-order valence-electron chi connectivity index (χ3n) is 1.33. The second-order valence-electron chi connectivity index (χ2n) is 4.08. The minimum Gasteiger partial charge on any atom is -0.432 e. The molecule has 0 rings (SSSR count). The molecule has 0 aromatic heterocycles. The Morgan fingerprint density at radius 2 is 1.86 bits per heavy atom. The minimum atomic E-state index is -0.768. The van der Waals surface area contributed by atoms with Crippen LogP contribution in [0, 0.1) is 0 Å². The third-order valence-corrected chi connectivity index (χ3v) is 1.33. The molecule has 4 nitrogen and oxygen atoms in total. The number of rotatable bonds is 5. The quantitative estimate of drug-likeness (QED) is 0.299. The van der Waals surface area contributed by atoms with Gasteiger partial charge in [-0.05, 0) is 27.2 Å². The monoisotopic (exact) mass is 204 g/mol. The zero-order chi connectivity index (χ0) is 11.0. The lowest BCUT2D eigenvalue weighted by Crippen LogP contribution is -2.22. The van der Waals surface area contributed by atoms with Gasteiger partial charge >= 0.3 is 6.16 Å². The van der Waals surface area contributed by atoms with Gasteiger partial charge in [-0.2, -0.15) is 4.89 Å². The Morgan fingerprint density at radius 3 is 2.36 bits per heavy atom. The lowest BCUT2D eigenvalue weighted by molar-refractivity contribution is -0.312. The van der Waals surface area contributed by atoms with Crippen molar-refractivity contribution in [3.05, 3.63) is 0 Å². The van der Waals surface area contributed by atoms with Crippen molar-refractivity contribution in [2.24, 2.45) is 0 Å². The second-order valence-corrected chi connectivity index (χ2v) is 4.08. The van der Waals surface area contributed by atoms with E-state index in [1.54, 1.807) is 20.8 Å². The van der Waals surface area contributed by atoms with Crippen LogP contribution in [0.3, 0.4) is 0 Å². The molecule has 14 heavy (non-hydrogen) atoms. The van der Waals surface area contributed by atoms with Gasteiger partial charge in [0, 0.05) is 0 Å². The Morgan fingerprint density at radius 1 is 1.21 bits per heavy atom. The number of ether oxygens (including phenoxy) is 1. The average Bonchev–Trinajstić information content (AvgIpc) is 2.08. The minimum absolute atomic E-state index is 0.389. The molecule has 0 saturated carbocycles. The molecule has 0 unspecified atom stereocenters. The molecule has 0 fully saturated rings. The molecular weight excluding hydrogens is 184 g/mol. The van der Waals surface area contributed by atoms with E-state index >= 15 is 0 Å². The SMILES string of the molecule is CCCCCOC(=O)OOC(C)(C)C. The van der Waals surface area contributed by atoms with Gasteiger partial charge in [0.05, 0.1) is 6.61 Å². The first-order valence-corrected chi connectivity index (χ1v) is 4.98. The number of unbranched alkanes of at least 4 members (excludes halogenated alkanes) is 2. The summed E-state index contributed by atoms with van der Waals surface area (Å²) in [4.78, 5) is 20.1. The second kappa shape index (κ2) is 6.65. The highest BCUT2D eigenvalue weighted by molar-refractivity contribution is 5.58. The Balaban J connectivity index is 3.38. The van der Waals surface area contributed by atoms with Crippen molar-refractivity contribution >= 4 is 6.16 Å². The lowest BCUT2D eigenvalue weighted by atomic mass is 10.2. The Hall–Kier alpha value is -0.770. The van der Waals surface area contributed by atoms with Crippen LogP contribution >= 0.6 is 0 Å². The van der Waals surface area contributed by atoms with Gasteiger partial charge in [-0.1, -0.05) is 19.8 Å². The Bertz CT molecular complexity index is 160. The predicted molar refractivity (Wildman–Crippen MR) is 52.8 cm³/mol. The summed E-state index contributed by atoms with van der Waals surface area (Å²) < 4.78 is 4.75. The van der Waals surface area contributed by atoms with E-state index in [0.29, 0.717) is 6.61 Å². The van der Waals surface area contributed by atoms with E-state index < -0.39 is 11.8 Å². The molecule has 84 valence electrons. The van der Waals surface area contributed by atoms with E-state index in [9.17, 15) is 4.79 Å². The highest BCUT2D eigenvalue weighted by Gasteiger charge is 2.15. The summed E-state index contributed by atoms with van der Waals surface area (Å²) in [5.41, 5.74) is -0.498. The summed E-state index contributed by atoms with van der Waals surface area (Å²) in [7, 11) is 0. The zero-order valence-corrected chi connectivity index (χ0v) is 9.46. The van der Waals surface area contributed by atoms with Crippen molar-refractivity contribution < 1.29 is 19.3 Å². The third kappa shape index (κ3) is 9.32. The summed E-state index contributed by atoms with van der Waals surface area (Å²) in [6.45, 7) is 7.84. The molecule has 0 aliphatic carbocycles. The van der Waals surface area contributed by atoms with Crippen LogP contribution in [0.1, 0.15) is 47.0 Å². The van der Waals surface area contributed by atoms with Crippen LogP contribution in [0.2, 0.25) is 0 Å². The van der Waals surface area contributed by atoms with Gasteiger partial charge in [0.2, 0.25) is 0 Å². The maximum Gasteiger partial charge on any atom is 0.540 e. The van der Waals surface area contributed by atoms with E-state index in [1.807, 2.05) is 0 Å². The van der Waals surface area contributed by atoms with Crippen molar-refractivity contribution in [1.82, 2.24) is 0 Å². The molecule has 0 radical (unpaired) electrons. The number of hydrogen-bond acceptors (Lipinski definition) is 4. The first-order valence-electron chi connectivity index (χ1n) is 4.98. The number of carbonyl (C=O) groups excluding carboxylic acids is 1. The number of hydrogen-bond donors (Lipinski definition) is 0. The fraction of sp³-hybridized carbons (Fsp3) is 0.900. The molecule has 0 bridgehead atoms. The van der Waals surface area contributed by atoms with Crippen LogP contribution in [0.5, 0.6) is 0 Å². The van der Waals surface area contributed by atoms with Crippen molar-refractivity contribution in [2.75, 3.05) is 6.61 Å². The molecule has 0 heterocycles. The summed E-state index contributed by atoms with van der Waals surface area (Å²) in [5.74, 6) is 0. The van der Waals surface area contributed by atoms with Gasteiger partial charge in [-0.25, -0.2) is 4.79 Å². The predicted octanol–water partition coefficient (Wildman–Crippen LogP) is 3.06. The fourth-order valence-electron chi connectivity index (χ4n) is 0.691. The molecule has 0 amide bonds. The first-order chi connectivity index (χ1) is 6.45. The van der Waals surface area contributed by atoms with Crippen LogP contribution in [0.25, 0.3) is 0 Å². The van der Waals surface area contributed by atoms with E-state index in [0.717, 1.165) is 19.3 Å². The van der Waals surface area contributed by atoms with Crippen LogP contribution < -0.4 is 0 Å².